The van der Waals surface area contributed by atoms with Crippen molar-refractivity contribution in [3.05, 3.63) is 59.4 Å². The molecule has 0 unspecified atom stereocenters. The third-order valence-corrected chi connectivity index (χ3v) is 5.52. The molecule has 30 heavy (non-hydrogen) atoms. The van der Waals surface area contributed by atoms with Gasteiger partial charge in [0.15, 0.2) is 0 Å². The van der Waals surface area contributed by atoms with Crippen LogP contribution in [0, 0.1) is 0 Å². The molecule has 0 spiro atoms. The lowest BCUT2D eigenvalue weighted by Crippen LogP contribution is -2.40. The van der Waals surface area contributed by atoms with Crippen LogP contribution in [0.1, 0.15) is 24.7 Å². The maximum absolute atomic E-state index is 13.6. The molecule has 158 valence electrons. The van der Waals surface area contributed by atoms with Crippen molar-refractivity contribution in [3.63, 3.8) is 0 Å². The number of para-hydroxylation sites is 2. The van der Waals surface area contributed by atoms with E-state index in [0.717, 1.165) is 0 Å². The lowest BCUT2D eigenvalue weighted by atomic mass is 10.0. The number of hydrogen-bond donors (Lipinski definition) is 1. The summed E-state index contributed by atoms with van der Waals surface area (Å²) in [6.07, 6.45) is -3.50. The molecule has 2 aromatic carbocycles. The normalized spacial score (nSPS) is 16.1. The highest BCUT2D eigenvalue weighted by Crippen LogP contribution is 2.36. The zero-order chi connectivity index (χ0) is 21.3. The van der Waals surface area contributed by atoms with E-state index in [-0.39, 0.29) is 18.5 Å². The van der Waals surface area contributed by atoms with Gasteiger partial charge < -0.3 is 9.88 Å². The van der Waals surface area contributed by atoms with E-state index < -0.39 is 12.0 Å². The number of nitrogens with zero attached hydrogens (tertiary/aromatic N) is 3. The summed E-state index contributed by atoms with van der Waals surface area (Å²) in [5, 5.41) is 3.39. The number of hydrogen-bond acceptors (Lipinski definition) is 3. The van der Waals surface area contributed by atoms with E-state index >= 15 is 0 Å². The van der Waals surface area contributed by atoms with Crippen molar-refractivity contribution in [2.75, 3.05) is 25.0 Å². The Morgan fingerprint density at radius 3 is 2.43 bits per heavy atom. The summed E-state index contributed by atoms with van der Waals surface area (Å²) in [6.45, 7) is 1.25. The number of anilines is 1. The summed E-state index contributed by atoms with van der Waals surface area (Å²) >= 11 is 5.84. The Hall–Kier alpha value is -2.58. The number of halogens is 4. The number of likely N-dealkylation sites (tertiary alicyclic amines) is 1. The molecule has 0 saturated carbocycles. The van der Waals surface area contributed by atoms with Crippen LogP contribution in [0.3, 0.4) is 0 Å². The van der Waals surface area contributed by atoms with Crippen LogP contribution in [0.2, 0.25) is 5.02 Å². The third kappa shape index (κ3) is 4.44. The smallest absolute Gasteiger partial charge is 0.325 e. The van der Waals surface area contributed by atoms with Gasteiger partial charge in [-0.2, -0.15) is 13.2 Å². The Kier molecular flexibility index (Phi) is 5.71. The second kappa shape index (κ2) is 8.28. The predicted molar refractivity (Wildman–Crippen MR) is 110 cm³/mol. The maximum atomic E-state index is 13.6. The van der Waals surface area contributed by atoms with Crippen LogP contribution in [0.5, 0.6) is 0 Å². The van der Waals surface area contributed by atoms with Gasteiger partial charge in [0, 0.05) is 29.8 Å². The second-order valence-electron chi connectivity index (χ2n) is 7.35. The number of carbonyl (C=O) groups is 1. The minimum atomic E-state index is -4.52. The predicted octanol–water partition coefficient (Wildman–Crippen LogP) is 4.98. The Morgan fingerprint density at radius 1 is 1.10 bits per heavy atom. The summed E-state index contributed by atoms with van der Waals surface area (Å²) < 4.78 is 42.0. The molecule has 1 N–H and O–H groups in total. The SMILES string of the molecule is O=C(CN1CCC(n2c(C(F)(F)F)nc3ccccc32)CC1)Nc1ccc(Cl)cc1. The number of fused-ring (bicyclic) bond motifs is 1. The number of rotatable bonds is 4. The first kappa shape index (κ1) is 20.7. The van der Waals surface area contributed by atoms with Crippen LogP contribution in [0.15, 0.2) is 48.5 Å². The highest BCUT2D eigenvalue weighted by atomic mass is 35.5. The Morgan fingerprint density at radius 2 is 1.77 bits per heavy atom. The van der Waals surface area contributed by atoms with Crippen molar-refractivity contribution in [1.29, 1.82) is 0 Å². The molecule has 2 heterocycles. The fraction of sp³-hybridized carbons (Fsp3) is 0.333. The molecule has 1 amide bonds. The molecule has 1 fully saturated rings. The largest absolute Gasteiger partial charge is 0.449 e. The first-order valence-electron chi connectivity index (χ1n) is 9.63. The number of piperidine rings is 1. The molecule has 0 atom stereocenters. The lowest BCUT2D eigenvalue weighted by molar-refractivity contribution is -0.147. The highest BCUT2D eigenvalue weighted by molar-refractivity contribution is 6.30. The van der Waals surface area contributed by atoms with Crippen molar-refractivity contribution in [3.8, 4) is 0 Å². The molecular formula is C21H20ClF3N4O. The number of benzene rings is 2. The minimum absolute atomic E-state index is 0.167. The third-order valence-electron chi connectivity index (χ3n) is 5.27. The first-order valence-corrected chi connectivity index (χ1v) is 10.0. The van der Waals surface area contributed by atoms with Gasteiger partial charge in [-0.15, -0.1) is 0 Å². The van der Waals surface area contributed by atoms with Crippen LogP contribution in [0.25, 0.3) is 11.0 Å². The Labute approximate surface area is 176 Å². The van der Waals surface area contributed by atoms with Gasteiger partial charge in [-0.3, -0.25) is 9.69 Å². The van der Waals surface area contributed by atoms with E-state index in [1.807, 2.05) is 4.90 Å². The zero-order valence-corrected chi connectivity index (χ0v) is 16.7. The molecule has 0 radical (unpaired) electrons. The van der Waals surface area contributed by atoms with Gasteiger partial charge in [0.25, 0.3) is 0 Å². The van der Waals surface area contributed by atoms with Crippen molar-refractivity contribution in [2.24, 2.45) is 0 Å². The fourth-order valence-electron chi connectivity index (χ4n) is 3.89. The highest BCUT2D eigenvalue weighted by Gasteiger charge is 2.39. The average Bonchev–Trinajstić information content (AvgIpc) is 3.10. The second-order valence-corrected chi connectivity index (χ2v) is 7.79. The van der Waals surface area contributed by atoms with Gasteiger partial charge in [-0.25, -0.2) is 4.98 Å². The molecule has 1 aliphatic heterocycles. The standard InChI is InChI=1S/C21H20ClF3N4O/c22-14-5-7-15(8-6-14)26-19(30)13-28-11-9-16(10-12-28)29-18-4-2-1-3-17(18)27-20(29)21(23,24)25/h1-8,16H,9-13H2,(H,26,30). The van der Waals surface area contributed by atoms with Gasteiger partial charge >= 0.3 is 6.18 Å². The number of aromatic nitrogens is 2. The van der Waals surface area contributed by atoms with E-state index in [0.29, 0.717) is 47.7 Å². The number of imidazole rings is 1. The molecule has 4 rings (SSSR count). The summed E-state index contributed by atoms with van der Waals surface area (Å²) in [4.78, 5) is 18.1. The van der Waals surface area contributed by atoms with E-state index in [4.69, 9.17) is 11.6 Å². The Balaban J connectivity index is 1.42. The molecule has 1 aromatic heterocycles. The number of amides is 1. The molecular weight excluding hydrogens is 417 g/mol. The van der Waals surface area contributed by atoms with Crippen LogP contribution in [-0.2, 0) is 11.0 Å². The molecule has 1 aliphatic rings. The quantitative estimate of drug-likeness (QED) is 0.627. The number of alkyl halides is 3. The van der Waals surface area contributed by atoms with Crippen molar-refractivity contribution in [1.82, 2.24) is 14.5 Å². The molecule has 0 aliphatic carbocycles. The van der Waals surface area contributed by atoms with E-state index in [9.17, 15) is 18.0 Å². The molecule has 1 saturated heterocycles. The zero-order valence-electron chi connectivity index (χ0n) is 16.0. The van der Waals surface area contributed by atoms with Gasteiger partial charge in [-0.05, 0) is 49.2 Å². The average molecular weight is 437 g/mol. The van der Waals surface area contributed by atoms with Gasteiger partial charge in [0.05, 0.1) is 17.6 Å². The first-order chi connectivity index (χ1) is 14.3. The molecule has 3 aromatic rings. The minimum Gasteiger partial charge on any atom is -0.325 e. The molecule has 9 heteroatoms. The van der Waals surface area contributed by atoms with E-state index in [2.05, 4.69) is 10.3 Å². The molecule has 5 nitrogen and oxygen atoms in total. The van der Waals surface area contributed by atoms with Crippen molar-refractivity contribution in [2.45, 2.75) is 25.1 Å². The number of nitrogens with one attached hydrogen (secondary N) is 1. The van der Waals surface area contributed by atoms with E-state index in [1.54, 1.807) is 48.5 Å². The summed E-state index contributed by atoms with van der Waals surface area (Å²) in [5.41, 5.74) is 1.48. The maximum Gasteiger partial charge on any atom is 0.449 e. The fourth-order valence-corrected chi connectivity index (χ4v) is 4.01. The lowest BCUT2D eigenvalue weighted by Gasteiger charge is -2.33. The van der Waals surface area contributed by atoms with Gasteiger partial charge in [0.2, 0.25) is 11.7 Å². The summed E-state index contributed by atoms with van der Waals surface area (Å²) in [6, 6.07) is 13.2. The van der Waals surface area contributed by atoms with Crippen molar-refractivity contribution >= 4 is 34.2 Å². The topological polar surface area (TPSA) is 50.2 Å². The Bertz CT molecular complexity index is 1040. The number of carbonyl (C=O) groups excluding carboxylic acids is 1. The monoisotopic (exact) mass is 436 g/mol. The van der Waals surface area contributed by atoms with Gasteiger partial charge in [-0.1, -0.05) is 23.7 Å². The molecule has 0 bridgehead atoms. The van der Waals surface area contributed by atoms with Crippen LogP contribution in [0.4, 0.5) is 18.9 Å². The van der Waals surface area contributed by atoms with Crippen LogP contribution >= 0.6 is 11.6 Å². The summed E-state index contributed by atoms with van der Waals surface area (Å²) in [5.74, 6) is -1.03. The summed E-state index contributed by atoms with van der Waals surface area (Å²) in [7, 11) is 0. The van der Waals surface area contributed by atoms with Crippen LogP contribution in [-0.4, -0.2) is 40.0 Å². The van der Waals surface area contributed by atoms with Gasteiger partial charge in [0.1, 0.15) is 0 Å². The van der Waals surface area contributed by atoms with E-state index in [1.165, 1.54) is 4.57 Å². The van der Waals surface area contributed by atoms with Crippen LogP contribution < -0.4 is 5.32 Å². The van der Waals surface area contributed by atoms with Crippen molar-refractivity contribution < 1.29 is 18.0 Å².